The highest BCUT2D eigenvalue weighted by Crippen LogP contribution is 2.20. The van der Waals surface area contributed by atoms with Crippen molar-refractivity contribution in [3.8, 4) is 0 Å². The molecule has 1 aliphatic rings. The van der Waals surface area contributed by atoms with E-state index < -0.39 is 17.1 Å². The summed E-state index contributed by atoms with van der Waals surface area (Å²) in [5, 5.41) is 14.3. The highest BCUT2D eigenvalue weighted by Gasteiger charge is 2.38. The number of hydrazone groups is 1. The third kappa shape index (κ3) is 2.36. The number of hydrogen-bond donors (Lipinski definition) is 2. The molecule has 0 saturated carbocycles. The van der Waals surface area contributed by atoms with Gasteiger partial charge in [0.25, 0.3) is 10.0 Å². The van der Waals surface area contributed by atoms with E-state index in [0.717, 1.165) is 5.56 Å². The molecule has 2 aromatic carbocycles. The van der Waals surface area contributed by atoms with E-state index in [9.17, 15) is 13.4 Å². The Morgan fingerprint density at radius 3 is 2.55 bits per heavy atom. The average Bonchev–Trinajstić information content (AvgIpc) is 2.47. The molecule has 0 radical (unpaired) electrons. The molecule has 0 atom stereocenters. The van der Waals surface area contributed by atoms with Crippen LogP contribution in [-0.2, 0) is 10.0 Å². The average molecular weight is 315 g/mol. The first-order valence-electron chi connectivity index (χ1n) is 6.62. The molecule has 112 valence electrons. The number of benzene rings is 2. The zero-order chi connectivity index (χ0) is 15.9. The van der Waals surface area contributed by atoms with Crippen LogP contribution in [0.25, 0.3) is 0 Å². The summed E-state index contributed by atoms with van der Waals surface area (Å²) in [7, 11) is -5.31. The van der Waals surface area contributed by atoms with Gasteiger partial charge in [-0.25, -0.2) is 8.42 Å². The second-order valence-corrected chi connectivity index (χ2v) is 6.89. The fourth-order valence-electron chi connectivity index (χ4n) is 2.28. The lowest BCUT2D eigenvalue weighted by Gasteiger charge is -2.26. The number of aryl methyl sites for hydroxylation is 1. The summed E-state index contributed by atoms with van der Waals surface area (Å²) in [4.78, 5) is 0.0217. The monoisotopic (exact) mass is 315 g/mol. The molecule has 8 heteroatoms. The van der Waals surface area contributed by atoms with Crippen molar-refractivity contribution in [3.05, 3.63) is 53.6 Å². The van der Waals surface area contributed by atoms with Crippen molar-refractivity contribution in [3.63, 3.8) is 0 Å². The smallest absolute Gasteiger partial charge is 0.427 e. The highest BCUT2D eigenvalue weighted by atomic mass is 32.2. The largest absolute Gasteiger partial charge is 0.484 e. The van der Waals surface area contributed by atoms with Gasteiger partial charge in [0, 0.05) is 5.69 Å². The summed E-state index contributed by atoms with van der Waals surface area (Å²) in [6.07, 6.45) is 1.43. The van der Waals surface area contributed by atoms with Crippen molar-refractivity contribution < 1.29 is 13.4 Å². The SMILES string of the molecule is Cc1ccc2c(c1)C=NN(S(=O)(=O)c1ccc(N)cc1)B2O. The fraction of sp³-hybridized carbons (Fsp3) is 0.0714. The standard InChI is InChI=1S/C14H14BN3O3S/c1-10-2-7-14-11(8-10)9-17-18(15(14)19)22(20,21)13-5-3-12(16)4-6-13/h2-9,19H,16H2,1H3. The summed E-state index contributed by atoms with van der Waals surface area (Å²) in [6, 6.07) is 11.1. The molecule has 6 nitrogen and oxygen atoms in total. The first-order valence-corrected chi connectivity index (χ1v) is 8.06. The fourth-order valence-corrected chi connectivity index (χ4v) is 3.53. The van der Waals surface area contributed by atoms with Crippen molar-refractivity contribution in [1.82, 2.24) is 4.33 Å². The lowest BCUT2D eigenvalue weighted by atomic mass is 9.71. The second kappa shape index (κ2) is 5.15. The third-order valence-electron chi connectivity index (χ3n) is 3.46. The van der Waals surface area contributed by atoms with Gasteiger partial charge >= 0.3 is 7.05 Å². The Balaban J connectivity index is 2.03. The van der Waals surface area contributed by atoms with Crippen LogP contribution >= 0.6 is 0 Å². The van der Waals surface area contributed by atoms with Crippen molar-refractivity contribution in [2.45, 2.75) is 11.8 Å². The molecule has 0 saturated heterocycles. The maximum atomic E-state index is 12.6. The van der Waals surface area contributed by atoms with E-state index in [-0.39, 0.29) is 4.90 Å². The number of fused-ring (bicyclic) bond motifs is 1. The van der Waals surface area contributed by atoms with Crippen LogP contribution in [0.15, 0.2) is 52.5 Å². The van der Waals surface area contributed by atoms with Crippen molar-refractivity contribution >= 4 is 34.4 Å². The summed E-state index contributed by atoms with van der Waals surface area (Å²) in [5.41, 5.74) is 8.24. The van der Waals surface area contributed by atoms with E-state index in [2.05, 4.69) is 5.10 Å². The third-order valence-corrected chi connectivity index (χ3v) is 5.12. The van der Waals surface area contributed by atoms with Crippen LogP contribution < -0.4 is 11.2 Å². The molecule has 0 aromatic heterocycles. The van der Waals surface area contributed by atoms with Gasteiger partial charge < -0.3 is 10.8 Å². The Kier molecular flexibility index (Phi) is 3.42. The van der Waals surface area contributed by atoms with Crippen molar-refractivity contribution in [2.24, 2.45) is 5.10 Å². The number of nitrogens with two attached hydrogens (primary N) is 1. The molecule has 1 heterocycles. The van der Waals surface area contributed by atoms with E-state index in [4.69, 9.17) is 5.73 Å². The second-order valence-electron chi connectivity index (χ2n) is 5.10. The van der Waals surface area contributed by atoms with Crippen molar-refractivity contribution in [1.29, 1.82) is 0 Å². The zero-order valence-corrected chi connectivity index (χ0v) is 12.7. The van der Waals surface area contributed by atoms with Gasteiger partial charge in [-0.05, 0) is 42.2 Å². The molecular formula is C14H14BN3O3S. The lowest BCUT2D eigenvalue weighted by Crippen LogP contribution is -2.52. The van der Waals surface area contributed by atoms with Crippen LogP contribution in [-0.4, -0.2) is 31.0 Å². The van der Waals surface area contributed by atoms with Gasteiger partial charge in [-0.3, -0.25) is 0 Å². The quantitative estimate of drug-likeness (QED) is 0.615. The molecular weight excluding hydrogens is 301 g/mol. The molecule has 0 amide bonds. The van der Waals surface area contributed by atoms with E-state index in [1.165, 1.54) is 30.5 Å². The summed E-state index contributed by atoms with van der Waals surface area (Å²) < 4.78 is 25.9. The molecule has 3 rings (SSSR count). The Morgan fingerprint density at radius 1 is 1.18 bits per heavy atom. The molecule has 2 aromatic rings. The van der Waals surface area contributed by atoms with Gasteiger partial charge in [-0.1, -0.05) is 23.8 Å². The number of rotatable bonds is 2. The normalized spacial score (nSPS) is 14.1. The number of nitrogens with zero attached hydrogens (tertiary/aromatic N) is 2. The van der Waals surface area contributed by atoms with E-state index in [0.29, 0.717) is 21.0 Å². The van der Waals surface area contributed by atoms with Crippen LogP contribution in [0.5, 0.6) is 0 Å². The predicted molar refractivity (Wildman–Crippen MR) is 86.3 cm³/mol. The van der Waals surface area contributed by atoms with Crippen LogP contribution in [0.2, 0.25) is 0 Å². The molecule has 22 heavy (non-hydrogen) atoms. The highest BCUT2D eigenvalue weighted by molar-refractivity contribution is 7.90. The number of sulfonamides is 1. The van der Waals surface area contributed by atoms with Crippen LogP contribution in [0, 0.1) is 6.92 Å². The first kappa shape index (κ1) is 14.6. The molecule has 1 aliphatic heterocycles. The first-order chi connectivity index (χ1) is 10.4. The Bertz CT molecular complexity index is 850. The van der Waals surface area contributed by atoms with Gasteiger partial charge in [0.2, 0.25) is 0 Å². The predicted octanol–water partition coefficient (Wildman–Crippen LogP) is 0.303. The van der Waals surface area contributed by atoms with Gasteiger partial charge in [0.1, 0.15) is 0 Å². The topological polar surface area (TPSA) is 96.0 Å². The van der Waals surface area contributed by atoms with E-state index in [1.807, 2.05) is 19.1 Å². The van der Waals surface area contributed by atoms with Gasteiger partial charge in [-0.15, -0.1) is 0 Å². The van der Waals surface area contributed by atoms with Gasteiger partial charge in [0.05, 0.1) is 11.1 Å². The Hall–Kier alpha value is -2.32. The minimum Gasteiger partial charge on any atom is -0.427 e. The maximum absolute atomic E-state index is 12.6. The molecule has 3 N–H and O–H groups in total. The number of hydrogen-bond acceptors (Lipinski definition) is 5. The minimum absolute atomic E-state index is 0.0217. The number of anilines is 1. The summed E-state index contributed by atoms with van der Waals surface area (Å²) in [6.45, 7) is 1.91. The minimum atomic E-state index is -3.95. The molecule has 0 spiro atoms. The molecule has 0 fully saturated rings. The van der Waals surface area contributed by atoms with Crippen LogP contribution in [0.1, 0.15) is 11.1 Å². The van der Waals surface area contributed by atoms with E-state index in [1.54, 1.807) is 6.07 Å². The van der Waals surface area contributed by atoms with Crippen LogP contribution in [0.3, 0.4) is 0 Å². The molecule has 0 unspecified atom stereocenters. The van der Waals surface area contributed by atoms with Crippen LogP contribution in [0.4, 0.5) is 5.69 Å². The summed E-state index contributed by atoms with van der Waals surface area (Å²) in [5.74, 6) is 0. The Labute approximate surface area is 129 Å². The summed E-state index contributed by atoms with van der Waals surface area (Å²) >= 11 is 0. The lowest BCUT2D eigenvalue weighted by molar-refractivity contribution is 0.476. The van der Waals surface area contributed by atoms with Gasteiger partial charge in [0.15, 0.2) is 0 Å². The Morgan fingerprint density at radius 2 is 1.86 bits per heavy atom. The van der Waals surface area contributed by atoms with Gasteiger partial charge in [-0.2, -0.15) is 9.43 Å². The molecule has 0 aliphatic carbocycles. The molecule has 0 bridgehead atoms. The number of nitrogen functional groups attached to an aromatic ring is 1. The maximum Gasteiger partial charge on any atom is 0.484 e. The van der Waals surface area contributed by atoms with Crippen molar-refractivity contribution in [2.75, 3.05) is 5.73 Å². The zero-order valence-electron chi connectivity index (χ0n) is 11.8. The van der Waals surface area contributed by atoms with E-state index >= 15 is 0 Å².